The van der Waals surface area contributed by atoms with E-state index in [0.29, 0.717) is 23.8 Å². The van der Waals surface area contributed by atoms with Gasteiger partial charge < -0.3 is 20.5 Å². The van der Waals surface area contributed by atoms with Crippen LogP contribution < -0.4 is 20.5 Å². The Bertz CT molecular complexity index is 479. The first-order valence-corrected chi connectivity index (χ1v) is 6.58. The van der Waals surface area contributed by atoms with Gasteiger partial charge in [0.05, 0.1) is 13.7 Å². The first-order valence-electron chi connectivity index (χ1n) is 6.58. The van der Waals surface area contributed by atoms with Crippen molar-refractivity contribution in [1.29, 1.82) is 0 Å². The van der Waals surface area contributed by atoms with E-state index in [1.807, 2.05) is 13.8 Å². The summed E-state index contributed by atoms with van der Waals surface area (Å²) < 4.78 is 34.2. The second-order valence-electron chi connectivity index (χ2n) is 4.83. The Kier molecular flexibility index (Phi) is 6.71. The van der Waals surface area contributed by atoms with Crippen molar-refractivity contribution >= 4 is 5.96 Å². The summed E-state index contributed by atoms with van der Waals surface area (Å²) in [7, 11) is 1.49. The molecule has 0 saturated carbocycles. The number of hydrogen-bond acceptors (Lipinski definition) is 3. The van der Waals surface area contributed by atoms with Crippen molar-refractivity contribution in [2.24, 2.45) is 16.6 Å². The SMILES string of the molecule is COc1ccc(OC(F)F)c(CN=C(N)NCC(C)C)c1. The zero-order valence-corrected chi connectivity index (χ0v) is 12.4. The monoisotopic (exact) mass is 301 g/mol. The average molecular weight is 301 g/mol. The average Bonchev–Trinajstić information content (AvgIpc) is 2.43. The van der Waals surface area contributed by atoms with Gasteiger partial charge in [0.25, 0.3) is 0 Å². The van der Waals surface area contributed by atoms with E-state index in [0.717, 1.165) is 0 Å². The highest BCUT2D eigenvalue weighted by Gasteiger charge is 2.10. The molecule has 1 aromatic carbocycles. The van der Waals surface area contributed by atoms with Crippen LogP contribution >= 0.6 is 0 Å². The van der Waals surface area contributed by atoms with E-state index in [1.54, 1.807) is 12.1 Å². The third kappa shape index (κ3) is 6.29. The second-order valence-corrected chi connectivity index (χ2v) is 4.83. The predicted octanol–water partition coefficient (Wildman–Crippen LogP) is 2.36. The number of ether oxygens (including phenoxy) is 2. The molecule has 0 aliphatic carbocycles. The van der Waals surface area contributed by atoms with Crippen LogP contribution in [0.3, 0.4) is 0 Å². The van der Waals surface area contributed by atoms with Crippen LogP contribution in [0.2, 0.25) is 0 Å². The smallest absolute Gasteiger partial charge is 0.387 e. The maximum atomic E-state index is 12.4. The minimum absolute atomic E-state index is 0.0613. The highest BCUT2D eigenvalue weighted by Crippen LogP contribution is 2.26. The summed E-state index contributed by atoms with van der Waals surface area (Å²) in [5, 5.41) is 2.95. The number of hydrogen-bond donors (Lipinski definition) is 2. The number of benzene rings is 1. The molecule has 1 rings (SSSR count). The fourth-order valence-electron chi connectivity index (χ4n) is 1.55. The molecule has 3 N–H and O–H groups in total. The maximum absolute atomic E-state index is 12.4. The third-order valence-corrected chi connectivity index (χ3v) is 2.59. The number of nitrogens with two attached hydrogens (primary N) is 1. The molecular formula is C14H21F2N3O2. The van der Waals surface area contributed by atoms with E-state index in [9.17, 15) is 8.78 Å². The number of methoxy groups -OCH3 is 1. The Labute approximate surface area is 123 Å². The summed E-state index contributed by atoms with van der Waals surface area (Å²) in [6.45, 7) is 2.00. The summed E-state index contributed by atoms with van der Waals surface area (Å²) >= 11 is 0. The number of halogens is 2. The fourth-order valence-corrected chi connectivity index (χ4v) is 1.55. The summed E-state index contributed by atoms with van der Waals surface area (Å²) in [5.74, 6) is 1.28. The first-order chi connectivity index (χ1) is 9.92. The van der Waals surface area contributed by atoms with Gasteiger partial charge >= 0.3 is 6.61 Å². The lowest BCUT2D eigenvalue weighted by Crippen LogP contribution is -2.34. The van der Waals surface area contributed by atoms with Crippen molar-refractivity contribution in [2.75, 3.05) is 13.7 Å². The van der Waals surface area contributed by atoms with Gasteiger partial charge in [-0.2, -0.15) is 8.78 Å². The summed E-state index contributed by atoms with van der Waals surface area (Å²) in [5.41, 5.74) is 6.19. The summed E-state index contributed by atoms with van der Waals surface area (Å²) in [4.78, 5) is 4.11. The van der Waals surface area contributed by atoms with Gasteiger partial charge in [0.15, 0.2) is 5.96 Å². The molecule has 21 heavy (non-hydrogen) atoms. The molecule has 0 atom stereocenters. The molecule has 0 radical (unpaired) electrons. The molecule has 0 saturated heterocycles. The zero-order chi connectivity index (χ0) is 15.8. The van der Waals surface area contributed by atoms with E-state index in [4.69, 9.17) is 10.5 Å². The predicted molar refractivity (Wildman–Crippen MR) is 77.8 cm³/mol. The molecule has 0 fully saturated rings. The highest BCUT2D eigenvalue weighted by atomic mass is 19.3. The van der Waals surface area contributed by atoms with Gasteiger partial charge in [-0.15, -0.1) is 0 Å². The minimum atomic E-state index is -2.89. The largest absolute Gasteiger partial charge is 0.497 e. The standard InChI is InChI=1S/C14H21F2N3O2/c1-9(2)7-18-14(17)19-8-10-6-11(20-3)4-5-12(10)21-13(15)16/h4-6,9,13H,7-8H2,1-3H3,(H3,17,18,19). The summed E-state index contributed by atoms with van der Waals surface area (Å²) in [6, 6.07) is 4.57. The second kappa shape index (κ2) is 8.28. The number of guanidine groups is 1. The molecular weight excluding hydrogens is 280 g/mol. The molecule has 0 amide bonds. The van der Waals surface area contributed by atoms with Crippen LogP contribution in [0.5, 0.6) is 11.5 Å². The Hall–Kier alpha value is -2.05. The van der Waals surface area contributed by atoms with Crippen LogP contribution in [0.25, 0.3) is 0 Å². The number of nitrogens with one attached hydrogen (secondary N) is 1. The topological polar surface area (TPSA) is 68.9 Å². The summed E-state index contributed by atoms with van der Waals surface area (Å²) in [6.07, 6.45) is 0. The van der Waals surface area contributed by atoms with Crippen molar-refractivity contribution in [3.8, 4) is 11.5 Å². The van der Waals surface area contributed by atoms with E-state index < -0.39 is 6.61 Å². The molecule has 0 heterocycles. The van der Waals surface area contributed by atoms with E-state index in [2.05, 4.69) is 15.0 Å². The Morgan fingerprint density at radius 3 is 2.67 bits per heavy atom. The van der Waals surface area contributed by atoms with Gasteiger partial charge in [0, 0.05) is 12.1 Å². The van der Waals surface area contributed by atoms with Crippen LogP contribution in [-0.2, 0) is 6.54 Å². The van der Waals surface area contributed by atoms with Crippen molar-refractivity contribution in [1.82, 2.24) is 5.32 Å². The van der Waals surface area contributed by atoms with E-state index in [-0.39, 0.29) is 18.3 Å². The number of aliphatic imine (C=N–C) groups is 1. The van der Waals surface area contributed by atoms with Crippen molar-refractivity contribution in [3.63, 3.8) is 0 Å². The Balaban J connectivity index is 2.81. The normalized spacial score (nSPS) is 11.9. The van der Waals surface area contributed by atoms with Gasteiger partial charge in [0.1, 0.15) is 11.5 Å². The highest BCUT2D eigenvalue weighted by molar-refractivity contribution is 5.77. The van der Waals surface area contributed by atoms with Gasteiger partial charge in [-0.3, -0.25) is 0 Å². The Morgan fingerprint density at radius 2 is 2.10 bits per heavy atom. The number of rotatable bonds is 7. The lowest BCUT2D eigenvalue weighted by atomic mass is 10.2. The quantitative estimate of drug-likeness (QED) is 0.599. The van der Waals surface area contributed by atoms with Crippen molar-refractivity contribution < 1.29 is 18.3 Å². The molecule has 5 nitrogen and oxygen atoms in total. The molecule has 0 bridgehead atoms. The van der Waals surface area contributed by atoms with Crippen LogP contribution in [0, 0.1) is 5.92 Å². The first kappa shape index (κ1) is 17.0. The van der Waals surface area contributed by atoms with Crippen molar-refractivity contribution in [2.45, 2.75) is 27.0 Å². The Morgan fingerprint density at radius 1 is 1.38 bits per heavy atom. The van der Waals surface area contributed by atoms with Crippen LogP contribution in [0.4, 0.5) is 8.78 Å². The van der Waals surface area contributed by atoms with Gasteiger partial charge in [0.2, 0.25) is 0 Å². The lowest BCUT2D eigenvalue weighted by molar-refractivity contribution is -0.0504. The molecule has 7 heteroatoms. The molecule has 0 aromatic heterocycles. The van der Waals surface area contributed by atoms with E-state index >= 15 is 0 Å². The van der Waals surface area contributed by atoms with Gasteiger partial charge in [-0.1, -0.05) is 13.8 Å². The van der Waals surface area contributed by atoms with Gasteiger partial charge in [-0.25, -0.2) is 4.99 Å². The van der Waals surface area contributed by atoms with Crippen LogP contribution in [0.15, 0.2) is 23.2 Å². The molecule has 0 aliphatic rings. The zero-order valence-electron chi connectivity index (χ0n) is 12.4. The third-order valence-electron chi connectivity index (χ3n) is 2.59. The minimum Gasteiger partial charge on any atom is -0.497 e. The maximum Gasteiger partial charge on any atom is 0.387 e. The molecule has 118 valence electrons. The fraction of sp³-hybridized carbons (Fsp3) is 0.500. The van der Waals surface area contributed by atoms with Gasteiger partial charge in [-0.05, 0) is 24.1 Å². The van der Waals surface area contributed by atoms with E-state index in [1.165, 1.54) is 13.2 Å². The molecule has 0 aliphatic heterocycles. The van der Waals surface area contributed by atoms with Crippen LogP contribution in [0.1, 0.15) is 19.4 Å². The molecule has 0 unspecified atom stereocenters. The van der Waals surface area contributed by atoms with Crippen molar-refractivity contribution in [3.05, 3.63) is 23.8 Å². The number of alkyl halides is 2. The molecule has 0 spiro atoms. The number of nitrogens with zero attached hydrogens (tertiary/aromatic N) is 1. The molecule has 1 aromatic rings. The van der Waals surface area contributed by atoms with Crippen LogP contribution in [-0.4, -0.2) is 26.2 Å². The lowest BCUT2D eigenvalue weighted by Gasteiger charge is -2.12.